The predicted molar refractivity (Wildman–Crippen MR) is 192 cm³/mol. The highest BCUT2D eigenvalue weighted by molar-refractivity contribution is 5.92. The average Bonchev–Trinajstić information content (AvgIpc) is 3.58. The van der Waals surface area contributed by atoms with E-state index in [1.807, 2.05) is 0 Å². The van der Waals surface area contributed by atoms with Crippen LogP contribution >= 0.6 is 0 Å². The van der Waals surface area contributed by atoms with E-state index in [0.29, 0.717) is 41.1 Å². The van der Waals surface area contributed by atoms with E-state index < -0.39 is 48.9 Å². The lowest BCUT2D eigenvalue weighted by molar-refractivity contribution is -0.284. The number of carbonyl (C=O) groups is 1. The van der Waals surface area contributed by atoms with E-state index in [-0.39, 0.29) is 28.9 Å². The van der Waals surface area contributed by atoms with Gasteiger partial charge in [0.25, 0.3) is 0 Å². The van der Waals surface area contributed by atoms with Gasteiger partial charge in [-0.3, -0.25) is 4.79 Å². The van der Waals surface area contributed by atoms with Crippen LogP contribution < -0.4 is 5.32 Å². The van der Waals surface area contributed by atoms with Crippen molar-refractivity contribution in [3.05, 3.63) is 53.4 Å². The standard InChI is InChI=1S/C42H58FNO8/c1-23-13-18-42(49-22-23)24(2)35-32(52-42)20-31-29-11-8-26-19-28(14-16-40(26,3)30(29)15-17-41(31,35)4)50-39-36(38(48)37(47)33(21-45)51-39)44-34(46)12-7-25-5-9-27(43)10-6-25/h5-10,12,23-24,28-33,35-39,45,47-48H,11,13-22H2,1-4H3,(H,44,46)/b12-7+/t23-,24+,28+,29-,30+,31+,32+,33-,35+,36-,37-,38-,39-,40+,41+,42-/m1/s1. The van der Waals surface area contributed by atoms with Gasteiger partial charge in [-0.1, -0.05) is 51.5 Å². The second-order valence-corrected chi connectivity index (χ2v) is 17.9. The number of ether oxygens (including phenoxy) is 4. The van der Waals surface area contributed by atoms with E-state index in [4.69, 9.17) is 18.9 Å². The Morgan fingerprint density at radius 2 is 1.85 bits per heavy atom. The smallest absolute Gasteiger partial charge is 0.244 e. The minimum atomic E-state index is -1.42. The van der Waals surface area contributed by atoms with Gasteiger partial charge in [-0.05, 0) is 116 Å². The van der Waals surface area contributed by atoms with Gasteiger partial charge in [0.05, 0.1) is 25.4 Å². The van der Waals surface area contributed by atoms with Crippen molar-refractivity contribution in [2.45, 2.75) is 134 Å². The molecule has 0 unspecified atom stereocenters. The van der Waals surface area contributed by atoms with Crippen molar-refractivity contribution >= 4 is 12.0 Å². The Labute approximate surface area is 307 Å². The topological polar surface area (TPSA) is 127 Å². The molecule has 1 spiro atoms. The number of aliphatic hydroxyl groups excluding tert-OH is 3. The van der Waals surface area contributed by atoms with E-state index in [1.165, 1.54) is 43.0 Å². The zero-order chi connectivity index (χ0) is 36.6. The Morgan fingerprint density at radius 1 is 1.06 bits per heavy atom. The largest absolute Gasteiger partial charge is 0.394 e. The van der Waals surface area contributed by atoms with E-state index in [9.17, 15) is 24.5 Å². The number of rotatable bonds is 6. The number of amides is 1. The Kier molecular flexibility index (Phi) is 9.79. The summed E-state index contributed by atoms with van der Waals surface area (Å²) >= 11 is 0. The lowest BCUT2D eigenvalue weighted by Crippen LogP contribution is -2.65. The number of halogens is 1. The molecule has 8 rings (SSSR count). The maximum absolute atomic E-state index is 13.3. The molecule has 0 aromatic heterocycles. The van der Waals surface area contributed by atoms with Gasteiger partial charge in [0, 0.05) is 18.4 Å². The van der Waals surface area contributed by atoms with Crippen LogP contribution in [-0.2, 0) is 23.7 Å². The second kappa shape index (κ2) is 13.8. The van der Waals surface area contributed by atoms with Crippen LogP contribution in [0.4, 0.5) is 4.39 Å². The summed E-state index contributed by atoms with van der Waals surface area (Å²) in [6.45, 7) is 10.0. The second-order valence-electron chi connectivity index (χ2n) is 17.9. The molecule has 9 nitrogen and oxygen atoms in total. The molecule has 0 bridgehead atoms. The van der Waals surface area contributed by atoms with Crippen LogP contribution in [0.15, 0.2) is 42.0 Å². The molecule has 52 heavy (non-hydrogen) atoms. The van der Waals surface area contributed by atoms with Gasteiger partial charge in [0.1, 0.15) is 30.2 Å². The molecular weight excluding hydrogens is 665 g/mol. The summed E-state index contributed by atoms with van der Waals surface area (Å²) in [6.07, 6.45) is 9.76. The van der Waals surface area contributed by atoms with Gasteiger partial charge < -0.3 is 39.6 Å². The zero-order valence-corrected chi connectivity index (χ0v) is 31.1. The molecule has 3 saturated carbocycles. The van der Waals surface area contributed by atoms with Crippen LogP contribution in [0, 0.1) is 52.2 Å². The summed E-state index contributed by atoms with van der Waals surface area (Å²) in [6, 6.07) is 4.66. The highest BCUT2D eigenvalue weighted by Crippen LogP contribution is 2.70. The summed E-state index contributed by atoms with van der Waals surface area (Å²) in [4.78, 5) is 13.0. The van der Waals surface area contributed by atoms with Crippen LogP contribution in [0.25, 0.3) is 6.08 Å². The first kappa shape index (κ1) is 36.8. The van der Waals surface area contributed by atoms with Crippen LogP contribution in [0.5, 0.6) is 0 Å². The number of benzene rings is 1. The fourth-order valence-electron chi connectivity index (χ4n) is 12.3. The molecule has 1 aromatic carbocycles. The molecular formula is C42H58FNO8. The van der Waals surface area contributed by atoms with E-state index in [0.717, 1.165) is 45.1 Å². The number of allylic oxidation sites excluding steroid dienone is 1. The number of fused-ring (bicyclic) bond motifs is 7. The Bertz CT molecular complexity index is 1540. The fourth-order valence-corrected chi connectivity index (χ4v) is 12.3. The quantitative estimate of drug-likeness (QED) is 0.224. The monoisotopic (exact) mass is 723 g/mol. The minimum Gasteiger partial charge on any atom is -0.394 e. The highest BCUT2D eigenvalue weighted by atomic mass is 19.1. The Morgan fingerprint density at radius 3 is 2.58 bits per heavy atom. The average molecular weight is 724 g/mol. The first-order valence-corrected chi connectivity index (χ1v) is 19.9. The molecule has 7 aliphatic rings. The van der Waals surface area contributed by atoms with Gasteiger partial charge in [-0.2, -0.15) is 0 Å². The molecule has 1 amide bonds. The van der Waals surface area contributed by atoms with Crippen molar-refractivity contribution in [1.82, 2.24) is 5.32 Å². The molecule has 6 fully saturated rings. The minimum absolute atomic E-state index is 0.0770. The van der Waals surface area contributed by atoms with E-state index in [2.05, 4.69) is 39.1 Å². The van der Waals surface area contributed by atoms with Crippen LogP contribution in [0.2, 0.25) is 0 Å². The summed E-state index contributed by atoms with van der Waals surface area (Å²) < 4.78 is 39.4. The Balaban J connectivity index is 0.948. The fraction of sp³-hybridized carbons (Fsp3) is 0.738. The molecule has 16 atom stereocenters. The molecule has 4 aliphatic carbocycles. The number of aliphatic hydroxyl groups is 3. The summed E-state index contributed by atoms with van der Waals surface area (Å²) in [5.74, 6) is 2.11. The van der Waals surface area contributed by atoms with Crippen molar-refractivity contribution in [1.29, 1.82) is 0 Å². The Hall–Kier alpha value is -2.18. The third kappa shape index (κ3) is 6.13. The third-order valence-corrected chi connectivity index (χ3v) is 15.1. The molecule has 3 saturated heterocycles. The molecule has 3 heterocycles. The number of hydrogen-bond donors (Lipinski definition) is 4. The van der Waals surface area contributed by atoms with Crippen molar-refractivity contribution in [3.63, 3.8) is 0 Å². The van der Waals surface area contributed by atoms with E-state index >= 15 is 0 Å². The molecule has 0 radical (unpaired) electrons. The van der Waals surface area contributed by atoms with Crippen molar-refractivity contribution in [2.24, 2.45) is 46.3 Å². The van der Waals surface area contributed by atoms with Crippen molar-refractivity contribution < 1.29 is 43.5 Å². The summed E-state index contributed by atoms with van der Waals surface area (Å²) in [7, 11) is 0. The number of carbonyl (C=O) groups excluding carboxylic acids is 1. The lowest BCUT2D eigenvalue weighted by atomic mass is 9.47. The van der Waals surface area contributed by atoms with Gasteiger partial charge in [-0.15, -0.1) is 0 Å². The summed E-state index contributed by atoms with van der Waals surface area (Å²) in [5.41, 5.74) is 2.40. The molecule has 3 aliphatic heterocycles. The molecule has 1 aromatic rings. The van der Waals surface area contributed by atoms with Crippen molar-refractivity contribution in [2.75, 3.05) is 13.2 Å². The normalized spacial score (nSPS) is 48.5. The maximum Gasteiger partial charge on any atom is 0.244 e. The number of hydrogen-bond acceptors (Lipinski definition) is 8. The van der Waals surface area contributed by atoms with E-state index in [1.54, 1.807) is 18.2 Å². The predicted octanol–water partition coefficient (Wildman–Crippen LogP) is 5.51. The highest BCUT2D eigenvalue weighted by Gasteiger charge is 2.68. The number of nitrogens with one attached hydrogen (secondary N) is 1. The molecule has 10 heteroatoms. The lowest BCUT2D eigenvalue weighted by Gasteiger charge is -2.58. The third-order valence-electron chi connectivity index (χ3n) is 15.1. The van der Waals surface area contributed by atoms with Gasteiger partial charge in [0.2, 0.25) is 5.91 Å². The first-order chi connectivity index (χ1) is 24.8. The molecule has 286 valence electrons. The molecule has 4 N–H and O–H groups in total. The van der Waals surface area contributed by atoms with Crippen LogP contribution in [0.3, 0.4) is 0 Å². The van der Waals surface area contributed by atoms with Gasteiger partial charge >= 0.3 is 0 Å². The van der Waals surface area contributed by atoms with Gasteiger partial charge in [0.15, 0.2) is 12.1 Å². The zero-order valence-electron chi connectivity index (χ0n) is 31.1. The van der Waals surface area contributed by atoms with Crippen LogP contribution in [-0.4, -0.2) is 83.1 Å². The van der Waals surface area contributed by atoms with Crippen molar-refractivity contribution in [3.8, 4) is 0 Å². The SMILES string of the molecule is C[C@@H]1CC[C@@]2(OC1)O[C@H]1C[C@H]3[C@@H]4CC=C5C[C@@H](O[C@@H]6O[C@H](CO)[C@@H](O)[C@H](O)[C@H]6NC(=O)/C=C/c6ccc(F)cc6)CC[C@]5(C)[C@H]4CC[C@]3(C)[C@H]1[C@@H]2C. The first-order valence-electron chi connectivity index (χ1n) is 19.9. The van der Waals surface area contributed by atoms with Gasteiger partial charge in [-0.25, -0.2) is 4.39 Å². The summed E-state index contributed by atoms with van der Waals surface area (Å²) in [5, 5.41) is 34.4. The maximum atomic E-state index is 13.3. The van der Waals surface area contributed by atoms with Crippen LogP contribution in [0.1, 0.15) is 91.0 Å².